The normalized spacial score (nSPS) is 9.90. The van der Waals surface area contributed by atoms with Crippen LogP contribution in [-0.2, 0) is 0 Å². The van der Waals surface area contributed by atoms with Gasteiger partial charge in [0.1, 0.15) is 0 Å². The average molecular weight is 377 g/mol. The molecule has 4 heteroatoms. The summed E-state index contributed by atoms with van der Waals surface area (Å²) in [6.07, 6.45) is 0. The van der Waals surface area contributed by atoms with E-state index < -0.39 is 0 Å². The van der Waals surface area contributed by atoms with Crippen LogP contribution in [0.2, 0.25) is 0 Å². The molecule has 0 amide bonds. The van der Waals surface area contributed by atoms with Gasteiger partial charge in [-0.05, 0) is 66.6 Å². The summed E-state index contributed by atoms with van der Waals surface area (Å²) < 4.78 is 3.13. The van der Waals surface area contributed by atoms with Gasteiger partial charge in [-0.1, -0.05) is 0 Å². The Kier molecular flexibility index (Phi) is 3.00. The van der Waals surface area contributed by atoms with Gasteiger partial charge in [-0.2, -0.15) is 0 Å². The van der Waals surface area contributed by atoms with Crippen LogP contribution in [0.3, 0.4) is 0 Å². The Labute approximate surface area is 89.8 Å². The average Bonchev–Trinajstić information content (AvgIpc) is 1.84. The molecule has 0 aliphatic carbocycles. The van der Waals surface area contributed by atoms with Crippen molar-refractivity contribution in [3.63, 3.8) is 0 Å². The van der Waals surface area contributed by atoms with E-state index in [-0.39, 0.29) is 0 Å². The molecule has 0 aromatic heterocycles. The first-order chi connectivity index (χ1) is 4.61. The summed E-state index contributed by atoms with van der Waals surface area (Å²) in [7, 11) is 0. The smallest absolute Gasteiger partial charge is 0.0470 e. The summed E-state index contributed by atoms with van der Waals surface area (Å²) in [5, 5.41) is 0. The van der Waals surface area contributed by atoms with Gasteiger partial charge in [0.15, 0.2) is 0 Å². The van der Waals surface area contributed by atoms with Crippen molar-refractivity contribution >= 4 is 60.1 Å². The molecule has 0 bridgehead atoms. The van der Waals surface area contributed by atoms with Crippen LogP contribution in [0.25, 0.3) is 0 Å². The van der Waals surface area contributed by atoms with E-state index in [4.69, 9.17) is 5.73 Å². The molecule has 1 nitrogen and oxygen atoms in total. The van der Waals surface area contributed by atoms with Crippen LogP contribution in [0.15, 0.2) is 21.1 Å². The zero-order valence-corrected chi connectivity index (χ0v) is 10.2. The third-order valence-corrected chi connectivity index (χ3v) is 4.02. The molecule has 0 atom stereocenters. The summed E-state index contributed by atoms with van der Waals surface area (Å²) in [4.78, 5) is 0. The van der Waals surface area contributed by atoms with Gasteiger partial charge in [0.2, 0.25) is 0 Å². The van der Waals surface area contributed by atoms with Gasteiger partial charge in [0.05, 0.1) is 0 Å². The lowest BCUT2D eigenvalue weighted by atomic mass is 10.3. The van der Waals surface area contributed by atoms with Crippen LogP contribution in [0.1, 0.15) is 0 Å². The van der Waals surface area contributed by atoms with Gasteiger partial charge in [-0.15, -0.1) is 0 Å². The van der Waals surface area contributed by atoms with Gasteiger partial charge in [0.25, 0.3) is 0 Å². The molecular weight excluding hydrogens is 373 g/mol. The van der Waals surface area contributed by atoms with Crippen molar-refractivity contribution in [2.45, 2.75) is 0 Å². The summed E-state index contributed by atoms with van der Waals surface area (Å²) in [6, 6.07) is 3.85. The van der Waals surface area contributed by atoms with E-state index in [0.29, 0.717) is 0 Å². The summed E-state index contributed by atoms with van der Waals surface area (Å²) >= 11 is 8.94. The first kappa shape index (κ1) is 8.80. The summed E-state index contributed by atoms with van der Waals surface area (Å²) in [6.45, 7) is 0. The number of halogens is 3. The lowest BCUT2D eigenvalue weighted by molar-refractivity contribution is 1.54. The minimum absolute atomic E-state index is 0.757. The lowest BCUT2D eigenvalue weighted by Crippen LogP contribution is -1.87. The van der Waals surface area contributed by atoms with Crippen molar-refractivity contribution in [2.75, 3.05) is 5.73 Å². The first-order valence-corrected chi connectivity index (χ1v) is 5.18. The van der Waals surface area contributed by atoms with Crippen molar-refractivity contribution in [3.8, 4) is 0 Å². The van der Waals surface area contributed by atoms with Gasteiger partial charge >= 0.3 is 0 Å². The van der Waals surface area contributed by atoms with Crippen LogP contribution in [0.5, 0.6) is 0 Å². The molecule has 0 radical (unpaired) electrons. The van der Waals surface area contributed by atoms with E-state index in [9.17, 15) is 0 Å². The number of nitrogens with two attached hydrogens (primary N) is 1. The highest BCUT2D eigenvalue weighted by atomic mass is 127. The predicted molar refractivity (Wildman–Crippen MR) is 59.0 cm³/mol. The Hall–Kier alpha value is 0.710. The second-order valence-electron chi connectivity index (χ2n) is 1.79. The van der Waals surface area contributed by atoms with E-state index in [1.165, 1.54) is 0 Å². The Morgan fingerprint density at radius 2 is 1.80 bits per heavy atom. The molecule has 1 rings (SSSR count). The highest BCUT2D eigenvalue weighted by Crippen LogP contribution is 2.28. The van der Waals surface area contributed by atoms with E-state index >= 15 is 0 Å². The molecule has 0 spiro atoms. The van der Waals surface area contributed by atoms with Crippen LogP contribution in [-0.4, -0.2) is 0 Å². The maximum atomic E-state index is 5.61. The largest absolute Gasteiger partial charge is 0.398 e. The molecule has 0 heterocycles. The van der Waals surface area contributed by atoms with Gasteiger partial charge in [0, 0.05) is 18.2 Å². The third-order valence-electron chi connectivity index (χ3n) is 1.04. The topological polar surface area (TPSA) is 26.0 Å². The number of benzene rings is 1. The van der Waals surface area contributed by atoms with Crippen LogP contribution < -0.4 is 5.73 Å². The number of hydrogen-bond donors (Lipinski definition) is 1. The van der Waals surface area contributed by atoms with E-state index in [0.717, 1.165) is 18.2 Å². The Morgan fingerprint density at radius 3 is 2.30 bits per heavy atom. The highest BCUT2D eigenvalue weighted by molar-refractivity contribution is 14.1. The molecule has 54 valence electrons. The predicted octanol–water partition coefficient (Wildman–Crippen LogP) is 3.40. The standard InChI is InChI=1S/C6H4Br2IN/c7-3-2-6(10)4(8)1-5(3)9/h1-2H,10H2. The number of anilines is 1. The van der Waals surface area contributed by atoms with Crippen molar-refractivity contribution in [1.82, 2.24) is 0 Å². The minimum atomic E-state index is 0.757. The van der Waals surface area contributed by atoms with Crippen LogP contribution in [0.4, 0.5) is 5.69 Å². The molecule has 2 N–H and O–H groups in total. The molecule has 0 aliphatic rings. The maximum absolute atomic E-state index is 5.61. The van der Waals surface area contributed by atoms with E-state index in [1.54, 1.807) is 0 Å². The van der Waals surface area contributed by atoms with Crippen LogP contribution in [0, 0.1) is 3.57 Å². The molecule has 1 aromatic carbocycles. The zero-order chi connectivity index (χ0) is 7.72. The molecule has 10 heavy (non-hydrogen) atoms. The Morgan fingerprint density at radius 1 is 1.20 bits per heavy atom. The van der Waals surface area contributed by atoms with Crippen molar-refractivity contribution in [3.05, 3.63) is 24.6 Å². The Balaban J connectivity index is 3.28. The van der Waals surface area contributed by atoms with Gasteiger partial charge in [-0.25, -0.2) is 0 Å². The van der Waals surface area contributed by atoms with E-state index in [2.05, 4.69) is 54.5 Å². The second kappa shape index (κ2) is 3.40. The summed E-state index contributed by atoms with van der Waals surface area (Å²) in [5.41, 5.74) is 6.37. The van der Waals surface area contributed by atoms with Crippen LogP contribution >= 0.6 is 54.5 Å². The lowest BCUT2D eigenvalue weighted by Gasteiger charge is -2.00. The fourth-order valence-corrected chi connectivity index (χ4v) is 2.14. The minimum Gasteiger partial charge on any atom is -0.398 e. The summed E-state index contributed by atoms with van der Waals surface area (Å²) in [5.74, 6) is 0. The molecule has 1 aromatic rings. The van der Waals surface area contributed by atoms with Crippen molar-refractivity contribution in [1.29, 1.82) is 0 Å². The number of nitrogen functional groups attached to an aromatic ring is 1. The van der Waals surface area contributed by atoms with Crippen molar-refractivity contribution in [2.24, 2.45) is 0 Å². The molecular formula is C6H4Br2IN. The molecule has 0 saturated heterocycles. The monoisotopic (exact) mass is 375 g/mol. The maximum Gasteiger partial charge on any atom is 0.0470 e. The van der Waals surface area contributed by atoms with Gasteiger partial charge in [-0.3, -0.25) is 0 Å². The molecule has 0 aliphatic heterocycles. The molecule has 0 unspecified atom stereocenters. The highest BCUT2D eigenvalue weighted by Gasteiger charge is 1.99. The zero-order valence-electron chi connectivity index (χ0n) is 4.87. The first-order valence-electron chi connectivity index (χ1n) is 2.51. The molecule has 0 fully saturated rings. The third kappa shape index (κ3) is 1.85. The second-order valence-corrected chi connectivity index (χ2v) is 4.66. The molecule has 0 saturated carbocycles. The quantitative estimate of drug-likeness (QED) is 0.419. The Bertz CT molecular complexity index is 212. The fourth-order valence-electron chi connectivity index (χ4n) is 0.538. The SMILES string of the molecule is Nc1cc(Br)c(I)cc1Br. The number of hydrogen-bond acceptors (Lipinski definition) is 1. The number of rotatable bonds is 0. The fraction of sp³-hybridized carbons (Fsp3) is 0. The van der Waals surface area contributed by atoms with Crippen molar-refractivity contribution < 1.29 is 0 Å². The van der Waals surface area contributed by atoms with E-state index in [1.807, 2.05) is 12.1 Å². The van der Waals surface area contributed by atoms with Gasteiger partial charge < -0.3 is 5.73 Å².